The highest BCUT2D eigenvalue weighted by molar-refractivity contribution is 7.91. The van der Waals surface area contributed by atoms with E-state index >= 15 is 0 Å². The van der Waals surface area contributed by atoms with Crippen LogP contribution in [-0.4, -0.2) is 92.4 Å². The van der Waals surface area contributed by atoms with Crippen molar-refractivity contribution in [1.29, 1.82) is 0 Å². The van der Waals surface area contributed by atoms with Crippen LogP contribution in [0.15, 0.2) is 18.2 Å². The van der Waals surface area contributed by atoms with Gasteiger partial charge in [0.2, 0.25) is 5.91 Å². The van der Waals surface area contributed by atoms with Gasteiger partial charge in [0.1, 0.15) is 5.75 Å². The molecule has 0 unspecified atom stereocenters. The highest BCUT2D eigenvalue weighted by Gasteiger charge is 2.36. The lowest BCUT2D eigenvalue weighted by atomic mass is 9.94. The SMILES string of the molecule is O=C(C1CCN([C@H]2CCS(=O)(=O)C2)CC1)N1CCN(Cc2ccc3c(c2)CCO3)CC1. The molecule has 1 amide bonds. The topological polar surface area (TPSA) is 70.2 Å². The van der Waals surface area contributed by atoms with E-state index in [2.05, 4.69) is 28.0 Å². The van der Waals surface area contributed by atoms with Gasteiger partial charge in [-0.3, -0.25) is 14.6 Å². The number of amides is 1. The van der Waals surface area contributed by atoms with Crippen molar-refractivity contribution in [2.45, 2.75) is 38.3 Å². The van der Waals surface area contributed by atoms with E-state index in [1.807, 2.05) is 4.90 Å². The van der Waals surface area contributed by atoms with Crippen molar-refractivity contribution in [3.8, 4) is 5.75 Å². The predicted octanol–water partition coefficient (Wildman–Crippen LogP) is 1.16. The van der Waals surface area contributed by atoms with Crippen LogP contribution in [0.1, 0.15) is 30.4 Å². The Hall–Kier alpha value is -1.64. The molecule has 3 saturated heterocycles. The molecule has 0 saturated carbocycles. The molecule has 0 aliphatic carbocycles. The number of hydrogen-bond acceptors (Lipinski definition) is 6. The van der Waals surface area contributed by atoms with Crippen LogP contribution in [0.2, 0.25) is 0 Å². The van der Waals surface area contributed by atoms with Gasteiger partial charge in [-0.05, 0) is 49.5 Å². The minimum atomic E-state index is -2.85. The zero-order valence-corrected chi connectivity index (χ0v) is 19.0. The van der Waals surface area contributed by atoms with E-state index < -0.39 is 9.84 Å². The number of carbonyl (C=O) groups excluding carboxylic acids is 1. The fourth-order valence-corrected chi connectivity index (χ4v) is 7.32. The lowest BCUT2D eigenvalue weighted by Crippen LogP contribution is -2.52. The van der Waals surface area contributed by atoms with Crippen LogP contribution >= 0.6 is 0 Å². The Balaban J connectivity index is 1.07. The third-order valence-electron chi connectivity index (χ3n) is 7.45. The minimum absolute atomic E-state index is 0.0949. The van der Waals surface area contributed by atoms with Gasteiger partial charge in [0.05, 0.1) is 18.1 Å². The van der Waals surface area contributed by atoms with Gasteiger partial charge in [0.15, 0.2) is 9.84 Å². The average Bonchev–Trinajstić information content (AvgIpc) is 3.39. The summed E-state index contributed by atoms with van der Waals surface area (Å²) in [7, 11) is -2.85. The number of piperazine rings is 1. The first-order chi connectivity index (χ1) is 15.0. The highest BCUT2D eigenvalue weighted by Crippen LogP contribution is 2.28. The molecule has 5 rings (SSSR count). The summed E-state index contributed by atoms with van der Waals surface area (Å²) in [5.74, 6) is 2.04. The molecule has 0 radical (unpaired) electrons. The van der Waals surface area contributed by atoms with Gasteiger partial charge < -0.3 is 9.64 Å². The fraction of sp³-hybridized carbons (Fsp3) is 0.696. The number of sulfone groups is 1. The maximum absolute atomic E-state index is 13.1. The first kappa shape index (κ1) is 21.2. The normalized spacial score (nSPS) is 27.2. The smallest absolute Gasteiger partial charge is 0.225 e. The fourth-order valence-electron chi connectivity index (χ4n) is 5.56. The second-order valence-corrected chi connectivity index (χ2v) is 11.7. The van der Waals surface area contributed by atoms with Crippen LogP contribution in [-0.2, 0) is 27.6 Å². The molecule has 0 spiro atoms. The maximum atomic E-state index is 13.1. The molecule has 31 heavy (non-hydrogen) atoms. The van der Waals surface area contributed by atoms with Gasteiger partial charge in [-0.15, -0.1) is 0 Å². The Labute approximate surface area is 185 Å². The molecular weight excluding hydrogens is 414 g/mol. The number of likely N-dealkylation sites (tertiary alicyclic amines) is 1. The molecule has 0 aromatic heterocycles. The van der Waals surface area contributed by atoms with E-state index in [-0.39, 0.29) is 12.0 Å². The first-order valence-electron chi connectivity index (χ1n) is 11.7. The van der Waals surface area contributed by atoms with Crippen LogP contribution in [0.4, 0.5) is 0 Å². The summed E-state index contributed by atoms with van der Waals surface area (Å²) >= 11 is 0. The van der Waals surface area contributed by atoms with Crippen molar-refractivity contribution in [2.24, 2.45) is 5.92 Å². The monoisotopic (exact) mass is 447 g/mol. The third-order valence-corrected chi connectivity index (χ3v) is 9.20. The van der Waals surface area contributed by atoms with Gasteiger partial charge in [0.25, 0.3) is 0 Å². The quantitative estimate of drug-likeness (QED) is 0.690. The second kappa shape index (κ2) is 8.71. The van der Waals surface area contributed by atoms with Gasteiger partial charge >= 0.3 is 0 Å². The molecule has 1 aromatic carbocycles. The number of piperidine rings is 1. The molecule has 7 nitrogen and oxygen atoms in total. The molecule has 0 bridgehead atoms. The van der Waals surface area contributed by atoms with Crippen molar-refractivity contribution in [3.63, 3.8) is 0 Å². The van der Waals surface area contributed by atoms with E-state index in [1.165, 1.54) is 11.1 Å². The van der Waals surface area contributed by atoms with E-state index in [9.17, 15) is 13.2 Å². The molecule has 3 fully saturated rings. The van der Waals surface area contributed by atoms with Gasteiger partial charge in [-0.2, -0.15) is 0 Å². The molecule has 4 aliphatic rings. The van der Waals surface area contributed by atoms with Gasteiger partial charge in [-0.25, -0.2) is 8.42 Å². The Morgan fingerprint density at radius 2 is 1.81 bits per heavy atom. The Kier molecular flexibility index (Phi) is 5.96. The summed E-state index contributed by atoms with van der Waals surface area (Å²) < 4.78 is 29.1. The van der Waals surface area contributed by atoms with Crippen LogP contribution in [0, 0.1) is 5.92 Å². The van der Waals surface area contributed by atoms with Crippen LogP contribution in [0.5, 0.6) is 5.75 Å². The Morgan fingerprint density at radius 1 is 1.03 bits per heavy atom. The summed E-state index contributed by atoms with van der Waals surface area (Å²) in [6.45, 7) is 6.84. The molecule has 1 atom stereocenters. The van der Waals surface area contributed by atoms with Crippen LogP contribution in [0.3, 0.4) is 0 Å². The molecule has 4 aliphatic heterocycles. The van der Waals surface area contributed by atoms with Crippen LogP contribution in [0.25, 0.3) is 0 Å². The summed E-state index contributed by atoms with van der Waals surface area (Å²) in [6, 6.07) is 6.68. The third kappa shape index (κ3) is 4.76. The molecule has 8 heteroatoms. The lowest BCUT2D eigenvalue weighted by molar-refractivity contribution is -0.139. The van der Waals surface area contributed by atoms with Crippen molar-refractivity contribution >= 4 is 15.7 Å². The largest absolute Gasteiger partial charge is 0.493 e. The molecule has 4 heterocycles. The number of hydrogen-bond donors (Lipinski definition) is 0. The number of fused-ring (bicyclic) bond motifs is 1. The first-order valence-corrected chi connectivity index (χ1v) is 13.5. The number of carbonyl (C=O) groups is 1. The zero-order chi connectivity index (χ0) is 21.4. The van der Waals surface area contributed by atoms with E-state index in [4.69, 9.17) is 4.74 Å². The van der Waals surface area contributed by atoms with E-state index in [0.29, 0.717) is 17.4 Å². The Bertz CT molecular complexity index is 919. The standard InChI is InChI=1S/C23H33N3O4S/c27-23(19-3-7-25(8-4-19)21-6-14-31(28,29)17-21)26-11-9-24(10-12-26)16-18-1-2-22-20(15-18)5-13-30-22/h1-2,15,19,21H,3-14,16-17H2/t21-/m0/s1. The van der Waals surface area contributed by atoms with Crippen molar-refractivity contribution < 1.29 is 17.9 Å². The molecular formula is C23H33N3O4S. The predicted molar refractivity (Wildman–Crippen MR) is 119 cm³/mol. The van der Waals surface area contributed by atoms with E-state index in [1.54, 1.807) is 0 Å². The molecule has 170 valence electrons. The average molecular weight is 448 g/mol. The number of nitrogens with zero attached hydrogens (tertiary/aromatic N) is 3. The van der Waals surface area contributed by atoms with Crippen LogP contribution < -0.4 is 4.74 Å². The Morgan fingerprint density at radius 3 is 2.52 bits per heavy atom. The summed E-state index contributed by atoms with van der Waals surface area (Å²) in [5, 5.41) is 0. The number of ether oxygens (including phenoxy) is 1. The van der Waals surface area contributed by atoms with Gasteiger partial charge in [0, 0.05) is 51.1 Å². The molecule has 1 aromatic rings. The zero-order valence-electron chi connectivity index (χ0n) is 18.2. The minimum Gasteiger partial charge on any atom is -0.493 e. The van der Waals surface area contributed by atoms with Gasteiger partial charge in [-0.1, -0.05) is 12.1 Å². The summed E-state index contributed by atoms with van der Waals surface area (Å²) in [4.78, 5) is 19.8. The number of rotatable bonds is 4. The highest BCUT2D eigenvalue weighted by atomic mass is 32.2. The second-order valence-electron chi connectivity index (χ2n) is 9.51. The molecule has 0 N–H and O–H groups in total. The van der Waals surface area contributed by atoms with Crippen molar-refractivity contribution in [2.75, 3.05) is 57.4 Å². The van der Waals surface area contributed by atoms with E-state index in [0.717, 1.165) is 83.9 Å². The van der Waals surface area contributed by atoms with Crippen molar-refractivity contribution in [3.05, 3.63) is 29.3 Å². The van der Waals surface area contributed by atoms with Crippen molar-refractivity contribution in [1.82, 2.24) is 14.7 Å². The lowest BCUT2D eigenvalue weighted by Gasteiger charge is -2.39. The maximum Gasteiger partial charge on any atom is 0.225 e. The summed E-state index contributed by atoms with van der Waals surface area (Å²) in [5.41, 5.74) is 2.64. The summed E-state index contributed by atoms with van der Waals surface area (Å²) in [6.07, 6.45) is 3.46. The number of benzene rings is 1.